The van der Waals surface area contributed by atoms with Crippen LogP contribution >= 0.6 is 11.9 Å². The Morgan fingerprint density at radius 3 is 3.14 bits per heavy atom. The fourth-order valence-corrected chi connectivity index (χ4v) is 1.17. The molecule has 7 heavy (non-hydrogen) atoms. The molecule has 2 nitrogen and oxygen atoms in total. The minimum Gasteiger partial charge on any atom is -0.315 e. The van der Waals surface area contributed by atoms with Gasteiger partial charge in [-0.1, -0.05) is 11.9 Å². The molecule has 0 saturated carbocycles. The zero-order valence-corrected chi connectivity index (χ0v) is 5.05. The van der Waals surface area contributed by atoms with E-state index < -0.39 is 0 Å². The minimum atomic E-state index is 1.10. The normalized spacial score (nSPS) is 24.0. The van der Waals surface area contributed by atoms with Crippen molar-refractivity contribution in [2.45, 2.75) is 0 Å². The maximum absolute atomic E-state index is 3.26. The third-order valence-corrected chi connectivity index (χ3v) is 1.70. The van der Waals surface area contributed by atoms with Gasteiger partial charge in [0.25, 0.3) is 0 Å². The van der Waals surface area contributed by atoms with Crippen LogP contribution < -0.4 is 10.0 Å². The average Bonchev–Trinajstić information content (AvgIpc) is 1.90. The number of hydrogen-bond donors (Lipinski definition) is 2. The van der Waals surface area contributed by atoms with Gasteiger partial charge in [-0.25, -0.2) is 0 Å². The molecule has 1 aliphatic heterocycles. The van der Waals surface area contributed by atoms with Gasteiger partial charge in [-0.05, 0) is 0 Å². The summed E-state index contributed by atoms with van der Waals surface area (Å²) in [5.41, 5.74) is 0. The van der Waals surface area contributed by atoms with Crippen LogP contribution in [-0.2, 0) is 0 Å². The summed E-state index contributed by atoms with van der Waals surface area (Å²) < 4.78 is 3.20. The molecule has 1 rings (SSSR count). The largest absolute Gasteiger partial charge is 0.315 e. The molecule has 0 unspecified atom stereocenters. The Morgan fingerprint density at radius 2 is 2.14 bits per heavy atom. The molecule has 0 amide bonds. The van der Waals surface area contributed by atoms with Crippen LogP contribution in [0.5, 0.6) is 0 Å². The molecule has 0 aromatic carbocycles. The minimum absolute atomic E-state index is 1.10. The first-order valence-corrected chi connectivity index (χ1v) is 3.54. The van der Waals surface area contributed by atoms with Gasteiger partial charge in [-0.15, -0.1) is 0 Å². The molecule has 0 bridgehead atoms. The van der Waals surface area contributed by atoms with Crippen LogP contribution in [-0.4, -0.2) is 25.4 Å². The lowest BCUT2D eigenvalue weighted by Gasteiger charge is -1.91. The van der Waals surface area contributed by atoms with E-state index in [4.69, 9.17) is 0 Å². The summed E-state index contributed by atoms with van der Waals surface area (Å²) in [6.07, 6.45) is 0. The molecule has 1 heterocycles. The Balaban J connectivity index is 2.04. The third-order valence-electron chi connectivity index (χ3n) is 0.887. The van der Waals surface area contributed by atoms with Gasteiger partial charge in [0.15, 0.2) is 0 Å². The van der Waals surface area contributed by atoms with E-state index in [1.54, 1.807) is 11.9 Å². The van der Waals surface area contributed by atoms with Crippen molar-refractivity contribution in [2.75, 3.05) is 25.4 Å². The first kappa shape index (κ1) is 5.41. The SMILES string of the molecule is C1CNSCCN1. The van der Waals surface area contributed by atoms with Crippen LogP contribution in [0.15, 0.2) is 0 Å². The van der Waals surface area contributed by atoms with Gasteiger partial charge in [0.05, 0.1) is 0 Å². The Labute approximate surface area is 48.2 Å². The Morgan fingerprint density at radius 1 is 1.14 bits per heavy atom. The summed E-state index contributed by atoms with van der Waals surface area (Å²) >= 11 is 1.80. The summed E-state index contributed by atoms with van der Waals surface area (Å²) in [5.74, 6) is 1.19. The predicted molar refractivity (Wildman–Crippen MR) is 33.3 cm³/mol. The highest BCUT2D eigenvalue weighted by atomic mass is 32.2. The van der Waals surface area contributed by atoms with Gasteiger partial charge in [-0.3, -0.25) is 4.72 Å². The first-order valence-electron chi connectivity index (χ1n) is 2.55. The van der Waals surface area contributed by atoms with Crippen molar-refractivity contribution >= 4 is 11.9 Å². The lowest BCUT2D eigenvalue weighted by atomic mass is 10.6. The second-order valence-corrected chi connectivity index (χ2v) is 2.48. The van der Waals surface area contributed by atoms with Gasteiger partial charge in [-0.2, -0.15) is 0 Å². The van der Waals surface area contributed by atoms with E-state index in [1.165, 1.54) is 5.75 Å². The van der Waals surface area contributed by atoms with Crippen LogP contribution in [0.2, 0.25) is 0 Å². The summed E-state index contributed by atoms with van der Waals surface area (Å²) in [4.78, 5) is 0. The monoisotopic (exact) mass is 118 g/mol. The second-order valence-electron chi connectivity index (χ2n) is 1.49. The second kappa shape index (κ2) is 3.29. The van der Waals surface area contributed by atoms with Crippen molar-refractivity contribution in [1.82, 2.24) is 10.0 Å². The molecule has 0 aromatic heterocycles. The highest BCUT2D eigenvalue weighted by Crippen LogP contribution is 1.91. The Kier molecular flexibility index (Phi) is 2.55. The van der Waals surface area contributed by atoms with Crippen LogP contribution in [0.3, 0.4) is 0 Å². The Hall–Kier alpha value is 0.270. The van der Waals surface area contributed by atoms with E-state index in [0.717, 1.165) is 19.6 Å². The van der Waals surface area contributed by atoms with E-state index in [2.05, 4.69) is 10.0 Å². The van der Waals surface area contributed by atoms with Crippen molar-refractivity contribution in [2.24, 2.45) is 0 Å². The molecule has 0 aromatic rings. The topological polar surface area (TPSA) is 24.1 Å². The molecule has 3 heteroatoms. The van der Waals surface area contributed by atoms with Crippen molar-refractivity contribution in [3.05, 3.63) is 0 Å². The van der Waals surface area contributed by atoms with Crippen molar-refractivity contribution in [3.63, 3.8) is 0 Å². The average molecular weight is 118 g/mol. The quantitative estimate of drug-likeness (QED) is 0.432. The van der Waals surface area contributed by atoms with Gasteiger partial charge in [0, 0.05) is 25.4 Å². The molecule has 1 aliphatic rings. The summed E-state index contributed by atoms with van der Waals surface area (Å²) in [5, 5.41) is 3.26. The molecule has 2 N–H and O–H groups in total. The molecule has 0 atom stereocenters. The van der Waals surface area contributed by atoms with Crippen LogP contribution in [0.25, 0.3) is 0 Å². The van der Waals surface area contributed by atoms with E-state index in [9.17, 15) is 0 Å². The molecule has 0 aliphatic carbocycles. The Bertz CT molecular complexity index is 29.3. The van der Waals surface area contributed by atoms with E-state index >= 15 is 0 Å². The van der Waals surface area contributed by atoms with Crippen molar-refractivity contribution in [3.8, 4) is 0 Å². The van der Waals surface area contributed by atoms with Crippen LogP contribution in [0.4, 0.5) is 0 Å². The lowest BCUT2D eigenvalue weighted by Crippen LogP contribution is -2.20. The highest BCUT2D eigenvalue weighted by Gasteiger charge is 1.92. The predicted octanol–water partition coefficient (Wildman–Crippen LogP) is -0.173. The first-order chi connectivity index (χ1) is 3.50. The summed E-state index contributed by atoms with van der Waals surface area (Å²) in [7, 11) is 0. The van der Waals surface area contributed by atoms with Gasteiger partial charge >= 0.3 is 0 Å². The molecular formula is C4H10N2S. The molecule has 42 valence electrons. The van der Waals surface area contributed by atoms with Gasteiger partial charge < -0.3 is 5.32 Å². The zero-order valence-electron chi connectivity index (χ0n) is 4.24. The molecule has 0 radical (unpaired) electrons. The van der Waals surface area contributed by atoms with Gasteiger partial charge in [0.2, 0.25) is 0 Å². The van der Waals surface area contributed by atoms with E-state index in [1.807, 2.05) is 0 Å². The third kappa shape index (κ3) is 2.16. The van der Waals surface area contributed by atoms with Crippen LogP contribution in [0.1, 0.15) is 0 Å². The maximum Gasteiger partial charge on any atom is 0.0204 e. The highest BCUT2D eigenvalue weighted by molar-refractivity contribution is 7.97. The summed E-state index contributed by atoms with van der Waals surface area (Å²) in [6, 6.07) is 0. The fourth-order valence-electron chi connectivity index (χ4n) is 0.532. The van der Waals surface area contributed by atoms with Crippen molar-refractivity contribution < 1.29 is 0 Å². The molecule has 1 fully saturated rings. The number of rotatable bonds is 0. The fraction of sp³-hybridized carbons (Fsp3) is 1.00. The van der Waals surface area contributed by atoms with E-state index in [-0.39, 0.29) is 0 Å². The standard InChI is InChI=1S/C4H10N2S/c1-2-6-7-4-3-5-1/h5-6H,1-4H2. The summed E-state index contributed by atoms with van der Waals surface area (Å²) in [6.45, 7) is 3.37. The molecular weight excluding hydrogens is 108 g/mol. The maximum atomic E-state index is 3.26. The van der Waals surface area contributed by atoms with Crippen LogP contribution in [0, 0.1) is 0 Å². The molecule has 0 spiro atoms. The number of hydrogen-bond acceptors (Lipinski definition) is 3. The van der Waals surface area contributed by atoms with E-state index in [0.29, 0.717) is 0 Å². The van der Waals surface area contributed by atoms with Gasteiger partial charge in [0.1, 0.15) is 0 Å². The smallest absolute Gasteiger partial charge is 0.0204 e. The lowest BCUT2D eigenvalue weighted by molar-refractivity contribution is 0.731. The van der Waals surface area contributed by atoms with Crippen molar-refractivity contribution in [1.29, 1.82) is 0 Å². The molecule has 1 saturated heterocycles. The number of nitrogens with one attached hydrogen (secondary N) is 2. The zero-order chi connectivity index (χ0) is 4.95.